The topological polar surface area (TPSA) is 106 Å². The molecule has 1 aromatic heterocycles. The molecular weight excluding hydrogens is 428 g/mol. The fourth-order valence-corrected chi connectivity index (χ4v) is 5.54. The number of aromatic nitrogens is 1. The number of aliphatic carboxylic acids is 1. The molecule has 0 bridgehead atoms. The van der Waals surface area contributed by atoms with Crippen LogP contribution in [0.5, 0.6) is 5.75 Å². The predicted molar refractivity (Wildman–Crippen MR) is 121 cm³/mol. The first-order valence-corrected chi connectivity index (χ1v) is 12.1. The van der Waals surface area contributed by atoms with E-state index in [2.05, 4.69) is 9.71 Å². The first kappa shape index (κ1) is 22.2. The summed E-state index contributed by atoms with van der Waals surface area (Å²) in [4.78, 5) is 16.1. The molecule has 0 spiro atoms. The predicted octanol–water partition coefficient (Wildman–Crippen LogP) is 4.04. The fourth-order valence-electron chi connectivity index (χ4n) is 4.23. The zero-order valence-corrected chi connectivity index (χ0v) is 18.6. The average molecular weight is 455 g/mol. The maximum atomic E-state index is 12.8. The summed E-state index contributed by atoms with van der Waals surface area (Å²) in [5.41, 5.74) is 2.81. The Balaban J connectivity index is 1.46. The van der Waals surface area contributed by atoms with Crippen molar-refractivity contribution < 1.29 is 23.1 Å². The molecule has 2 unspecified atom stereocenters. The van der Waals surface area contributed by atoms with Crippen molar-refractivity contribution in [3.05, 3.63) is 65.9 Å². The SMILES string of the molecule is Cc1cc(COc2ccc(S(=O)(=O)NC3CCCCC3C(=O)O)cc2)c2ccccc2n1. The van der Waals surface area contributed by atoms with E-state index in [-0.39, 0.29) is 4.90 Å². The smallest absolute Gasteiger partial charge is 0.308 e. The number of hydrogen-bond acceptors (Lipinski definition) is 5. The first-order chi connectivity index (χ1) is 15.3. The second-order valence-corrected chi connectivity index (χ2v) is 9.87. The molecular formula is C24H26N2O5S. The van der Waals surface area contributed by atoms with Crippen LogP contribution < -0.4 is 9.46 Å². The van der Waals surface area contributed by atoms with Crippen molar-refractivity contribution in [3.8, 4) is 5.75 Å². The highest BCUT2D eigenvalue weighted by Gasteiger charge is 2.34. The molecule has 168 valence electrons. The third kappa shape index (κ3) is 4.92. The molecule has 1 fully saturated rings. The van der Waals surface area contributed by atoms with E-state index in [1.54, 1.807) is 12.1 Å². The minimum absolute atomic E-state index is 0.0877. The molecule has 1 aliphatic carbocycles. The van der Waals surface area contributed by atoms with E-state index in [1.807, 2.05) is 37.3 Å². The van der Waals surface area contributed by atoms with Gasteiger partial charge in [-0.2, -0.15) is 0 Å². The normalized spacial score (nSPS) is 19.0. The van der Waals surface area contributed by atoms with Crippen molar-refractivity contribution in [1.29, 1.82) is 0 Å². The number of aryl methyl sites for hydroxylation is 1. The number of pyridine rings is 1. The van der Waals surface area contributed by atoms with Crippen molar-refractivity contribution >= 4 is 26.9 Å². The lowest BCUT2D eigenvalue weighted by Crippen LogP contribution is -2.44. The van der Waals surface area contributed by atoms with E-state index >= 15 is 0 Å². The molecule has 1 heterocycles. The summed E-state index contributed by atoms with van der Waals surface area (Å²) in [6, 6.07) is 15.4. The highest BCUT2D eigenvalue weighted by molar-refractivity contribution is 7.89. The van der Waals surface area contributed by atoms with Gasteiger partial charge in [-0.1, -0.05) is 31.0 Å². The largest absolute Gasteiger partial charge is 0.489 e. The average Bonchev–Trinajstić information content (AvgIpc) is 2.77. The van der Waals surface area contributed by atoms with Crippen LogP contribution in [0.15, 0.2) is 59.5 Å². The molecule has 7 nitrogen and oxygen atoms in total. The Morgan fingerprint density at radius 3 is 2.59 bits per heavy atom. The Morgan fingerprint density at radius 1 is 1.12 bits per heavy atom. The second kappa shape index (κ2) is 9.26. The van der Waals surface area contributed by atoms with Gasteiger partial charge >= 0.3 is 5.97 Å². The minimum atomic E-state index is -3.82. The number of benzene rings is 2. The molecule has 0 aliphatic heterocycles. The number of carboxylic acid groups (broad SMARTS) is 1. The van der Waals surface area contributed by atoms with Crippen molar-refractivity contribution in [2.24, 2.45) is 5.92 Å². The summed E-state index contributed by atoms with van der Waals surface area (Å²) in [6.07, 6.45) is 2.62. The third-order valence-corrected chi connectivity index (χ3v) is 7.35. The minimum Gasteiger partial charge on any atom is -0.489 e. The highest BCUT2D eigenvalue weighted by atomic mass is 32.2. The maximum absolute atomic E-state index is 12.8. The molecule has 2 N–H and O–H groups in total. The number of carboxylic acids is 1. The Bertz CT molecular complexity index is 1220. The number of nitrogens with one attached hydrogen (secondary N) is 1. The molecule has 2 aromatic carbocycles. The van der Waals surface area contributed by atoms with Crippen LogP contribution in [0.1, 0.15) is 36.9 Å². The van der Waals surface area contributed by atoms with E-state index in [9.17, 15) is 18.3 Å². The van der Waals surface area contributed by atoms with Crippen LogP contribution in [0.25, 0.3) is 10.9 Å². The van der Waals surface area contributed by atoms with Crippen LogP contribution >= 0.6 is 0 Å². The van der Waals surface area contributed by atoms with Crippen LogP contribution in [0.4, 0.5) is 0 Å². The van der Waals surface area contributed by atoms with Gasteiger partial charge in [-0.15, -0.1) is 0 Å². The lowest BCUT2D eigenvalue weighted by atomic mass is 9.85. The van der Waals surface area contributed by atoms with Gasteiger partial charge < -0.3 is 9.84 Å². The molecule has 1 aliphatic rings. The number of carbonyl (C=O) groups is 1. The van der Waals surface area contributed by atoms with Crippen molar-refractivity contribution in [3.63, 3.8) is 0 Å². The standard InChI is InChI=1S/C24H26N2O5S/c1-16-14-17(20-6-2-4-8-22(20)25-16)15-31-18-10-12-19(13-11-18)32(29,30)26-23-9-5-3-7-21(23)24(27)28/h2,4,6,8,10-14,21,23,26H,3,5,7,9,15H2,1H3,(H,27,28). The van der Waals surface area contributed by atoms with Gasteiger partial charge in [0.25, 0.3) is 0 Å². The molecule has 0 amide bonds. The summed E-state index contributed by atoms with van der Waals surface area (Å²) in [6.45, 7) is 2.26. The summed E-state index contributed by atoms with van der Waals surface area (Å²) in [7, 11) is -3.82. The Kier molecular flexibility index (Phi) is 6.43. The zero-order valence-electron chi connectivity index (χ0n) is 17.8. The van der Waals surface area contributed by atoms with Gasteiger partial charge in [0.2, 0.25) is 10.0 Å². The van der Waals surface area contributed by atoms with Gasteiger partial charge in [0, 0.05) is 22.7 Å². The second-order valence-electron chi connectivity index (χ2n) is 8.16. The van der Waals surface area contributed by atoms with Crippen molar-refractivity contribution in [2.75, 3.05) is 0 Å². The van der Waals surface area contributed by atoms with Gasteiger partial charge in [-0.3, -0.25) is 9.78 Å². The summed E-state index contributed by atoms with van der Waals surface area (Å²) < 4.78 is 34.1. The summed E-state index contributed by atoms with van der Waals surface area (Å²) in [5.74, 6) is -1.11. The molecule has 3 aromatic rings. The van der Waals surface area contributed by atoms with Crippen LogP contribution in [-0.4, -0.2) is 30.5 Å². The quantitative estimate of drug-likeness (QED) is 0.558. The molecule has 0 radical (unpaired) electrons. The van der Waals surface area contributed by atoms with E-state index in [1.165, 1.54) is 12.1 Å². The molecule has 4 rings (SSSR count). The van der Waals surface area contributed by atoms with E-state index in [4.69, 9.17) is 4.74 Å². The van der Waals surface area contributed by atoms with Crippen LogP contribution in [-0.2, 0) is 21.4 Å². The van der Waals surface area contributed by atoms with Gasteiger partial charge in [0.15, 0.2) is 0 Å². The van der Waals surface area contributed by atoms with Crippen LogP contribution in [0.2, 0.25) is 0 Å². The Labute approximate surface area is 187 Å². The number of hydrogen-bond donors (Lipinski definition) is 2. The fraction of sp³-hybridized carbons (Fsp3) is 0.333. The van der Waals surface area contributed by atoms with Crippen LogP contribution in [0.3, 0.4) is 0 Å². The van der Waals surface area contributed by atoms with Gasteiger partial charge in [-0.05, 0) is 56.2 Å². The third-order valence-electron chi connectivity index (χ3n) is 5.85. The lowest BCUT2D eigenvalue weighted by Gasteiger charge is -2.29. The van der Waals surface area contributed by atoms with Crippen molar-refractivity contribution in [1.82, 2.24) is 9.71 Å². The van der Waals surface area contributed by atoms with E-state index < -0.39 is 28.0 Å². The Morgan fingerprint density at radius 2 is 1.84 bits per heavy atom. The molecule has 1 saturated carbocycles. The van der Waals surface area contributed by atoms with Crippen LogP contribution in [0, 0.1) is 12.8 Å². The number of rotatable bonds is 7. The van der Waals surface area contributed by atoms with E-state index in [0.29, 0.717) is 25.2 Å². The van der Waals surface area contributed by atoms with E-state index in [0.717, 1.165) is 35.0 Å². The van der Waals surface area contributed by atoms with Gasteiger partial charge in [0.05, 0.1) is 16.3 Å². The number of fused-ring (bicyclic) bond motifs is 1. The monoisotopic (exact) mass is 454 g/mol. The number of ether oxygens (including phenoxy) is 1. The molecule has 32 heavy (non-hydrogen) atoms. The molecule has 2 atom stereocenters. The molecule has 0 saturated heterocycles. The number of para-hydroxylation sites is 1. The van der Waals surface area contributed by atoms with Gasteiger partial charge in [-0.25, -0.2) is 13.1 Å². The molecule has 8 heteroatoms. The maximum Gasteiger partial charge on any atom is 0.308 e. The number of nitrogens with zero attached hydrogens (tertiary/aromatic N) is 1. The van der Waals surface area contributed by atoms with Gasteiger partial charge in [0.1, 0.15) is 12.4 Å². The number of sulfonamides is 1. The first-order valence-electron chi connectivity index (χ1n) is 10.7. The Hall–Kier alpha value is -2.97. The highest BCUT2D eigenvalue weighted by Crippen LogP contribution is 2.27. The zero-order chi connectivity index (χ0) is 22.7. The van der Waals surface area contributed by atoms with Crippen molar-refractivity contribution in [2.45, 2.75) is 50.2 Å². The summed E-state index contributed by atoms with van der Waals surface area (Å²) >= 11 is 0. The summed E-state index contributed by atoms with van der Waals surface area (Å²) in [5, 5.41) is 10.4. The lowest BCUT2D eigenvalue weighted by molar-refractivity contribution is -0.143.